The van der Waals surface area contributed by atoms with Gasteiger partial charge in [0.1, 0.15) is 6.33 Å². The molecule has 1 amide bonds. The van der Waals surface area contributed by atoms with Crippen molar-refractivity contribution < 1.29 is 4.79 Å². The third-order valence-corrected chi connectivity index (χ3v) is 2.98. The summed E-state index contributed by atoms with van der Waals surface area (Å²) in [6.45, 7) is 0.324. The first-order valence-electron chi connectivity index (χ1n) is 6.17. The van der Waals surface area contributed by atoms with Gasteiger partial charge < -0.3 is 20.5 Å². The van der Waals surface area contributed by atoms with E-state index in [1.807, 2.05) is 32.1 Å². The highest BCUT2D eigenvalue weighted by molar-refractivity contribution is 5.96. The number of amides is 1. The number of aryl methyl sites for hydroxylation is 1. The first kappa shape index (κ1) is 13.9. The summed E-state index contributed by atoms with van der Waals surface area (Å²) >= 11 is 0. The molecule has 0 radical (unpaired) electrons. The van der Waals surface area contributed by atoms with Gasteiger partial charge in [-0.05, 0) is 18.2 Å². The van der Waals surface area contributed by atoms with E-state index in [0.717, 1.165) is 5.69 Å². The van der Waals surface area contributed by atoms with Crippen LogP contribution in [0.15, 0.2) is 24.5 Å². The maximum atomic E-state index is 12.0. The number of nitrogen functional groups attached to an aromatic ring is 1. The topological polar surface area (TPSA) is 89.1 Å². The van der Waals surface area contributed by atoms with Crippen LogP contribution in [-0.2, 0) is 13.6 Å². The van der Waals surface area contributed by atoms with Crippen LogP contribution in [0.3, 0.4) is 0 Å². The van der Waals surface area contributed by atoms with Gasteiger partial charge in [-0.2, -0.15) is 0 Å². The fourth-order valence-electron chi connectivity index (χ4n) is 1.83. The van der Waals surface area contributed by atoms with Crippen molar-refractivity contribution >= 4 is 17.3 Å². The smallest absolute Gasteiger partial charge is 0.251 e. The Bertz CT molecular complexity index is 619. The molecule has 1 aromatic heterocycles. The third kappa shape index (κ3) is 2.87. The number of nitrogens with two attached hydrogens (primary N) is 1. The van der Waals surface area contributed by atoms with Crippen molar-refractivity contribution in [3.63, 3.8) is 0 Å². The number of hydrogen-bond donors (Lipinski definition) is 2. The highest BCUT2D eigenvalue weighted by Crippen LogP contribution is 2.22. The largest absolute Gasteiger partial charge is 0.397 e. The third-order valence-electron chi connectivity index (χ3n) is 2.98. The van der Waals surface area contributed by atoms with Crippen LogP contribution in [-0.4, -0.2) is 34.8 Å². The molecule has 0 fully saturated rings. The normalized spacial score (nSPS) is 10.3. The van der Waals surface area contributed by atoms with Crippen molar-refractivity contribution in [3.8, 4) is 0 Å². The molecule has 0 bridgehead atoms. The van der Waals surface area contributed by atoms with E-state index in [9.17, 15) is 4.79 Å². The summed E-state index contributed by atoms with van der Waals surface area (Å²) in [7, 11) is 5.63. The zero-order valence-electron chi connectivity index (χ0n) is 11.8. The van der Waals surface area contributed by atoms with E-state index in [1.165, 1.54) is 0 Å². The Morgan fingerprint density at radius 1 is 1.45 bits per heavy atom. The second-order valence-electron chi connectivity index (χ2n) is 4.71. The maximum absolute atomic E-state index is 12.0. The number of aromatic nitrogens is 3. The summed E-state index contributed by atoms with van der Waals surface area (Å²) in [5, 5.41) is 10.4. The van der Waals surface area contributed by atoms with Crippen LogP contribution in [0.2, 0.25) is 0 Å². The minimum absolute atomic E-state index is 0.190. The predicted molar refractivity (Wildman–Crippen MR) is 77.4 cm³/mol. The van der Waals surface area contributed by atoms with E-state index < -0.39 is 0 Å². The van der Waals surface area contributed by atoms with E-state index in [4.69, 9.17) is 5.73 Å². The molecule has 7 heteroatoms. The highest BCUT2D eigenvalue weighted by atomic mass is 16.1. The molecule has 0 saturated carbocycles. The van der Waals surface area contributed by atoms with Gasteiger partial charge in [-0.25, -0.2) is 0 Å². The molecule has 2 aromatic rings. The molecular formula is C13H18N6O. The minimum atomic E-state index is -0.190. The van der Waals surface area contributed by atoms with E-state index in [2.05, 4.69) is 15.5 Å². The van der Waals surface area contributed by atoms with E-state index in [1.54, 1.807) is 23.0 Å². The predicted octanol–water partition coefficient (Wildman–Crippen LogP) is 0.393. The van der Waals surface area contributed by atoms with Crippen LogP contribution in [0.1, 0.15) is 16.2 Å². The van der Waals surface area contributed by atoms with Crippen molar-refractivity contribution in [3.05, 3.63) is 35.9 Å². The van der Waals surface area contributed by atoms with Gasteiger partial charge in [0.25, 0.3) is 5.91 Å². The number of hydrogen-bond acceptors (Lipinski definition) is 5. The molecule has 0 saturated heterocycles. The Hall–Kier alpha value is -2.57. The molecule has 1 heterocycles. The van der Waals surface area contributed by atoms with Gasteiger partial charge in [-0.15, -0.1) is 10.2 Å². The first-order chi connectivity index (χ1) is 9.49. The number of anilines is 2. The number of benzene rings is 1. The van der Waals surface area contributed by atoms with Gasteiger partial charge in [0, 0.05) is 26.7 Å². The average molecular weight is 274 g/mol. The number of nitrogens with one attached hydrogen (secondary N) is 1. The Morgan fingerprint density at radius 2 is 2.20 bits per heavy atom. The summed E-state index contributed by atoms with van der Waals surface area (Å²) in [6.07, 6.45) is 1.59. The van der Waals surface area contributed by atoms with Gasteiger partial charge in [0.2, 0.25) is 0 Å². The van der Waals surface area contributed by atoms with Crippen LogP contribution < -0.4 is 16.0 Å². The number of carbonyl (C=O) groups is 1. The molecule has 20 heavy (non-hydrogen) atoms. The maximum Gasteiger partial charge on any atom is 0.251 e. The van der Waals surface area contributed by atoms with E-state index >= 15 is 0 Å². The van der Waals surface area contributed by atoms with Crippen molar-refractivity contribution in [2.24, 2.45) is 7.05 Å². The second-order valence-corrected chi connectivity index (χ2v) is 4.71. The first-order valence-corrected chi connectivity index (χ1v) is 6.17. The van der Waals surface area contributed by atoms with Crippen molar-refractivity contribution in [2.45, 2.75) is 6.54 Å². The van der Waals surface area contributed by atoms with Gasteiger partial charge in [-0.3, -0.25) is 4.79 Å². The Kier molecular flexibility index (Phi) is 3.88. The van der Waals surface area contributed by atoms with Crippen LogP contribution >= 0.6 is 0 Å². The number of nitrogens with zero attached hydrogens (tertiary/aromatic N) is 4. The lowest BCUT2D eigenvalue weighted by Gasteiger charge is -2.15. The molecule has 0 unspecified atom stereocenters. The molecule has 0 aliphatic heterocycles. The zero-order chi connectivity index (χ0) is 14.7. The molecule has 3 N–H and O–H groups in total. The summed E-state index contributed by atoms with van der Waals surface area (Å²) in [6, 6.07) is 5.24. The van der Waals surface area contributed by atoms with Gasteiger partial charge in [0.05, 0.1) is 17.9 Å². The average Bonchev–Trinajstić information content (AvgIpc) is 2.81. The standard InChI is InChI=1S/C13H18N6O/c1-18(2)11-5-4-9(6-10(11)14)13(20)15-7-12-17-16-8-19(12)3/h4-6,8H,7,14H2,1-3H3,(H,15,20). The molecule has 106 valence electrons. The summed E-state index contributed by atoms with van der Waals surface area (Å²) in [5.41, 5.74) is 7.91. The van der Waals surface area contributed by atoms with Crippen LogP contribution in [0, 0.1) is 0 Å². The fourth-order valence-corrected chi connectivity index (χ4v) is 1.83. The Morgan fingerprint density at radius 3 is 2.75 bits per heavy atom. The SMILES string of the molecule is CN(C)c1ccc(C(=O)NCc2nncn2C)cc1N. The minimum Gasteiger partial charge on any atom is -0.397 e. The van der Waals surface area contributed by atoms with Crippen LogP contribution in [0.5, 0.6) is 0 Å². The summed E-state index contributed by atoms with van der Waals surface area (Å²) < 4.78 is 1.75. The lowest BCUT2D eigenvalue weighted by molar-refractivity contribution is 0.0949. The van der Waals surface area contributed by atoms with Crippen molar-refractivity contribution in [1.29, 1.82) is 0 Å². The number of carbonyl (C=O) groups excluding carboxylic acids is 1. The van der Waals surface area contributed by atoms with Crippen molar-refractivity contribution in [2.75, 3.05) is 24.7 Å². The lowest BCUT2D eigenvalue weighted by Crippen LogP contribution is -2.24. The molecule has 0 atom stereocenters. The zero-order valence-corrected chi connectivity index (χ0v) is 11.8. The lowest BCUT2D eigenvalue weighted by atomic mass is 10.1. The van der Waals surface area contributed by atoms with Crippen LogP contribution in [0.4, 0.5) is 11.4 Å². The highest BCUT2D eigenvalue weighted by Gasteiger charge is 2.10. The molecule has 7 nitrogen and oxygen atoms in total. The Labute approximate surface area is 117 Å². The molecule has 2 rings (SSSR count). The van der Waals surface area contributed by atoms with Gasteiger partial charge >= 0.3 is 0 Å². The summed E-state index contributed by atoms with van der Waals surface area (Å²) in [5.74, 6) is 0.501. The molecule has 0 spiro atoms. The van der Waals surface area contributed by atoms with E-state index in [-0.39, 0.29) is 5.91 Å². The Balaban J connectivity index is 2.06. The number of rotatable bonds is 4. The van der Waals surface area contributed by atoms with Gasteiger partial charge in [-0.1, -0.05) is 0 Å². The monoisotopic (exact) mass is 274 g/mol. The van der Waals surface area contributed by atoms with Crippen LogP contribution in [0.25, 0.3) is 0 Å². The molecular weight excluding hydrogens is 256 g/mol. The van der Waals surface area contributed by atoms with E-state index in [0.29, 0.717) is 23.6 Å². The molecule has 0 aliphatic carbocycles. The van der Waals surface area contributed by atoms with Gasteiger partial charge in [0.15, 0.2) is 5.82 Å². The molecule has 1 aromatic carbocycles. The fraction of sp³-hybridized carbons (Fsp3) is 0.308. The quantitative estimate of drug-likeness (QED) is 0.787. The molecule has 0 aliphatic rings. The van der Waals surface area contributed by atoms with Crippen molar-refractivity contribution in [1.82, 2.24) is 20.1 Å². The summed E-state index contributed by atoms with van der Waals surface area (Å²) in [4.78, 5) is 13.9. The second kappa shape index (κ2) is 5.60.